The number of hydrogen-bond acceptors (Lipinski definition) is 4. The van der Waals surface area contributed by atoms with Gasteiger partial charge in [-0.05, 0) is 50.1 Å². The summed E-state index contributed by atoms with van der Waals surface area (Å²) >= 11 is 1.86. The number of benzene rings is 1. The molecular formula is C15H22O3S. The molecule has 0 amide bonds. The zero-order valence-corrected chi connectivity index (χ0v) is 12.4. The Morgan fingerprint density at radius 1 is 1.26 bits per heavy atom. The number of hydrogen-bond donors (Lipinski definition) is 1. The Hall–Kier alpha value is -0.870. The molecule has 1 aromatic rings. The predicted octanol–water partition coefficient (Wildman–Crippen LogP) is 3.41. The zero-order valence-electron chi connectivity index (χ0n) is 11.6. The minimum atomic E-state index is -0.414. The van der Waals surface area contributed by atoms with E-state index in [-0.39, 0.29) is 0 Å². The zero-order chi connectivity index (χ0) is 13.7. The van der Waals surface area contributed by atoms with Crippen LogP contribution < -0.4 is 9.47 Å². The van der Waals surface area contributed by atoms with Gasteiger partial charge in [-0.2, -0.15) is 11.8 Å². The van der Waals surface area contributed by atoms with Gasteiger partial charge in [0, 0.05) is 5.25 Å². The molecule has 1 aliphatic heterocycles. The van der Waals surface area contributed by atoms with E-state index in [1.165, 1.54) is 6.42 Å². The topological polar surface area (TPSA) is 38.7 Å². The summed E-state index contributed by atoms with van der Waals surface area (Å²) in [7, 11) is 0. The van der Waals surface area contributed by atoms with Crippen molar-refractivity contribution in [1.82, 2.24) is 0 Å². The van der Waals surface area contributed by atoms with Crippen molar-refractivity contribution in [2.24, 2.45) is 0 Å². The van der Waals surface area contributed by atoms with Crippen LogP contribution >= 0.6 is 11.8 Å². The molecule has 2 unspecified atom stereocenters. The molecule has 1 aliphatic rings. The highest BCUT2D eigenvalue weighted by Gasteiger charge is 2.25. The molecule has 0 aromatic heterocycles. The molecule has 0 saturated carbocycles. The normalized spacial score (nSPS) is 20.3. The lowest BCUT2D eigenvalue weighted by Gasteiger charge is -2.19. The van der Waals surface area contributed by atoms with Gasteiger partial charge in [-0.3, -0.25) is 0 Å². The summed E-state index contributed by atoms with van der Waals surface area (Å²) in [4.78, 5) is 0. The lowest BCUT2D eigenvalue weighted by molar-refractivity contribution is 0.172. The molecule has 1 aromatic carbocycles. The average molecular weight is 282 g/mol. The third kappa shape index (κ3) is 3.57. The Kier molecular flexibility index (Phi) is 5.40. The van der Waals surface area contributed by atoms with Crippen molar-refractivity contribution in [1.29, 1.82) is 0 Å². The van der Waals surface area contributed by atoms with Crippen LogP contribution in [-0.4, -0.2) is 29.3 Å². The second kappa shape index (κ2) is 7.06. The number of rotatable bonds is 6. The fourth-order valence-electron chi connectivity index (χ4n) is 2.32. The molecule has 0 aliphatic carbocycles. The fraction of sp³-hybridized carbons (Fsp3) is 0.600. The van der Waals surface area contributed by atoms with Crippen molar-refractivity contribution in [2.45, 2.75) is 38.0 Å². The highest BCUT2D eigenvalue weighted by atomic mass is 32.2. The van der Waals surface area contributed by atoms with E-state index in [1.807, 2.05) is 43.8 Å². The van der Waals surface area contributed by atoms with Crippen LogP contribution in [0.15, 0.2) is 18.2 Å². The number of thioether (sulfide) groups is 1. The van der Waals surface area contributed by atoms with Gasteiger partial charge in [0.15, 0.2) is 11.5 Å². The number of ether oxygens (including phenoxy) is 2. The smallest absolute Gasteiger partial charge is 0.161 e. The maximum Gasteiger partial charge on any atom is 0.161 e. The molecular weight excluding hydrogens is 260 g/mol. The summed E-state index contributed by atoms with van der Waals surface area (Å²) in [6, 6.07) is 5.75. The SMILES string of the molecule is CCOc1ccc(C(O)C2CCCS2)cc1OCC. The standard InChI is InChI=1S/C15H22O3S/c1-3-17-12-8-7-11(10-13(12)18-4-2)15(16)14-6-5-9-19-14/h7-8,10,14-16H,3-6,9H2,1-2H3. The molecule has 2 rings (SSSR count). The second-order valence-corrected chi connectivity index (χ2v) is 5.92. The van der Waals surface area contributed by atoms with E-state index in [4.69, 9.17) is 9.47 Å². The molecule has 0 bridgehead atoms. The van der Waals surface area contributed by atoms with Crippen molar-refractivity contribution >= 4 is 11.8 Å². The van der Waals surface area contributed by atoms with E-state index >= 15 is 0 Å². The van der Waals surface area contributed by atoms with E-state index < -0.39 is 6.10 Å². The summed E-state index contributed by atoms with van der Waals surface area (Å²) in [5, 5.41) is 10.7. The summed E-state index contributed by atoms with van der Waals surface area (Å²) < 4.78 is 11.1. The molecule has 1 saturated heterocycles. The Bertz CT molecular complexity index is 402. The molecule has 1 fully saturated rings. The van der Waals surface area contributed by atoms with Crippen molar-refractivity contribution in [2.75, 3.05) is 19.0 Å². The first kappa shape index (κ1) is 14.5. The summed E-state index contributed by atoms with van der Waals surface area (Å²) in [5.74, 6) is 2.63. The van der Waals surface area contributed by atoms with Gasteiger partial charge in [0.25, 0.3) is 0 Å². The summed E-state index contributed by atoms with van der Waals surface area (Å²) in [6.07, 6.45) is 1.87. The quantitative estimate of drug-likeness (QED) is 0.868. The molecule has 0 radical (unpaired) electrons. The molecule has 1 heterocycles. The van der Waals surface area contributed by atoms with Gasteiger partial charge < -0.3 is 14.6 Å². The monoisotopic (exact) mass is 282 g/mol. The van der Waals surface area contributed by atoms with Gasteiger partial charge in [0.05, 0.1) is 19.3 Å². The van der Waals surface area contributed by atoms with E-state index in [1.54, 1.807) is 0 Å². The molecule has 1 N–H and O–H groups in total. The maximum atomic E-state index is 10.4. The average Bonchev–Trinajstić information content (AvgIpc) is 2.94. The van der Waals surface area contributed by atoms with Gasteiger partial charge >= 0.3 is 0 Å². The molecule has 3 nitrogen and oxygen atoms in total. The number of aliphatic hydroxyl groups excluding tert-OH is 1. The van der Waals surface area contributed by atoms with Crippen molar-refractivity contribution in [3.05, 3.63) is 23.8 Å². The second-order valence-electron chi connectivity index (χ2n) is 4.57. The minimum absolute atomic E-state index is 0.312. The van der Waals surface area contributed by atoms with Crippen LogP contribution in [0.25, 0.3) is 0 Å². The van der Waals surface area contributed by atoms with Crippen molar-refractivity contribution in [3.8, 4) is 11.5 Å². The third-order valence-corrected chi connectivity index (χ3v) is 4.67. The van der Waals surface area contributed by atoms with Gasteiger partial charge in [-0.25, -0.2) is 0 Å². The van der Waals surface area contributed by atoms with Crippen LogP contribution in [0.5, 0.6) is 11.5 Å². The molecule has 0 spiro atoms. The van der Waals surface area contributed by atoms with Gasteiger partial charge in [-0.15, -0.1) is 0 Å². The van der Waals surface area contributed by atoms with Gasteiger partial charge in [0.2, 0.25) is 0 Å². The first-order chi connectivity index (χ1) is 9.26. The highest BCUT2D eigenvalue weighted by molar-refractivity contribution is 8.00. The first-order valence-electron chi connectivity index (χ1n) is 6.95. The third-order valence-electron chi connectivity index (χ3n) is 3.23. The maximum absolute atomic E-state index is 10.4. The van der Waals surface area contributed by atoms with E-state index in [0.29, 0.717) is 18.5 Å². The van der Waals surface area contributed by atoms with E-state index in [0.717, 1.165) is 29.2 Å². The molecule has 4 heteroatoms. The Morgan fingerprint density at radius 3 is 2.63 bits per heavy atom. The minimum Gasteiger partial charge on any atom is -0.490 e. The fourth-order valence-corrected chi connectivity index (χ4v) is 3.63. The first-order valence-corrected chi connectivity index (χ1v) is 8.00. The highest BCUT2D eigenvalue weighted by Crippen LogP contribution is 2.38. The van der Waals surface area contributed by atoms with Gasteiger partial charge in [-0.1, -0.05) is 6.07 Å². The van der Waals surface area contributed by atoms with Gasteiger partial charge in [0.1, 0.15) is 0 Å². The Labute approximate surface area is 119 Å². The Morgan fingerprint density at radius 2 is 2.00 bits per heavy atom. The van der Waals surface area contributed by atoms with Crippen molar-refractivity contribution < 1.29 is 14.6 Å². The molecule has 19 heavy (non-hydrogen) atoms. The van der Waals surface area contributed by atoms with Crippen LogP contribution in [0, 0.1) is 0 Å². The van der Waals surface area contributed by atoms with Crippen LogP contribution in [0.1, 0.15) is 38.4 Å². The Balaban J connectivity index is 2.18. The largest absolute Gasteiger partial charge is 0.490 e. The van der Waals surface area contributed by atoms with E-state index in [2.05, 4.69) is 0 Å². The van der Waals surface area contributed by atoms with Crippen molar-refractivity contribution in [3.63, 3.8) is 0 Å². The van der Waals surface area contributed by atoms with Crippen LogP contribution in [-0.2, 0) is 0 Å². The summed E-state index contributed by atoms with van der Waals surface area (Å²) in [6.45, 7) is 5.11. The van der Waals surface area contributed by atoms with Crippen LogP contribution in [0.2, 0.25) is 0 Å². The molecule has 2 atom stereocenters. The van der Waals surface area contributed by atoms with E-state index in [9.17, 15) is 5.11 Å². The van der Waals surface area contributed by atoms with Crippen LogP contribution in [0.4, 0.5) is 0 Å². The summed E-state index contributed by atoms with van der Waals surface area (Å²) in [5.41, 5.74) is 0.923. The predicted molar refractivity (Wildman–Crippen MR) is 79.2 cm³/mol. The molecule has 106 valence electrons. The number of aliphatic hydroxyl groups is 1. The lowest BCUT2D eigenvalue weighted by Crippen LogP contribution is -2.12. The van der Waals surface area contributed by atoms with Crippen LogP contribution in [0.3, 0.4) is 0 Å². The lowest BCUT2D eigenvalue weighted by atomic mass is 10.0.